The maximum absolute atomic E-state index is 6.03. The van der Waals surface area contributed by atoms with Crippen LogP contribution in [-0.2, 0) is 0 Å². The van der Waals surface area contributed by atoms with Gasteiger partial charge in [-0.3, -0.25) is 0 Å². The lowest BCUT2D eigenvalue weighted by molar-refractivity contribution is 1.01. The first-order valence-electron chi connectivity index (χ1n) is 4.13. The van der Waals surface area contributed by atoms with E-state index < -0.39 is 0 Å². The van der Waals surface area contributed by atoms with Gasteiger partial charge in [-0.2, -0.15) is 0 Å². The molecule has 0 amide bonds. The van der Waals surface area contributed by atoms with Crippen molar-refractivity contribution in [3.63, 3.8) is 0 Å². The summed E-state index contributed by atoms with van der Waals surface area (Å²) in [5, 5.41) is 0.879. The summed E-state index contributed by atoms with van der Waals surface area (Å²) in [5.41, 5.74) is 6.93. The number of nitrogens with zero attached hydrogens (tertiary/aromatic N) is 2. The summed E-state index contributed by atoms with van der Waals surface area (Å²) in [6.45, 7) is 0. The molecule has 0 saturated heterocycles. The quantitative estimate of drug-likeness (QED) is 0.754. The predicted octanol–water partition coefficient (Wildman–Crippen LogP) is 2.15. The first kappa shape index (κ1) is 10.1. The molecule has 2 rings (SSSR count). The molecule has 0 bridgehead atoms. The lowest BCUT2D eigenvalue weighted by atomic mass is 10.1. The van der Waals surface area contributed by atoms with Crippen LogP contribution in [0.15, 0.2) is 24.5 Å². The van der Waals surface area contributed by atoms with Crippen LogP contribution in [0.25, 0.3) is 11.3 Å². The first-order valence-corrected chi connectivity index (χ1v) is 4.89. The van der Waals surface area contributed by atoms with Gasteiger partial charge in [-0.15, -0.1) is 0 Å². The Balaban J connectivity index is 2.64. The molecular formula is C9H8Cl2N4. The van der Waals surface area contributed by atoms with E-state index in [0.717, 1.165) is 0 Å². The molecule has 15 heavy (non-hydrogen) atoms. The van der Waals surface area contributed by atoms with Crippen LogP contribution >= 0.6 is 23.2 Å². The van der Waals surface area contributed by atoms with E-state index >= 15 is 0 Å². The van der Waals surface area contributed by atoms with E-state index in [4.69, 9.17) is 34.8 Å². The number of benzene rings is 1. The van der Waals surface area contributed by atoms with Gasteiger partial charge in [-0.25, -0.2) is 9.66 Å². The molecule has 0 aliphatic carbocycles. The van der Waals surface area contributed by atoms with Gasteiger partial charge in [0.15, 0.2) is 5.82 Å². The highest BCUT2D eigenvalue weighted by molar-refractivity contribution is 6.43. The molecule has 0 atom stereocenters. The zero-order chi connectivity index (χ0) is 11.0. The summed E-state index contributed by atoms with van der Waals surface area (Å²) in [6, 6.07) is 5.26. The maximum Gasteiger partial charge on any atom is 0.150 e. The zero-order valence-corrected chi connectivity index (χ0v) is 9.13. The topological polar surface area (TPSA) is 69.9 Å². The highest BCUT2D eigenvalue weighted by atomic mass is 35.5. The van der Waals surface area contributed by atoms with Crippen molar-refractivity contribution in [2.45, 2.75) is 0 Å². The van der Waals surface area contributed by atoms with Gasteiger partial charge in [0, 0.05) is 5.56 Å². The fraction of sp³-hybridized carbons (Fsp3) is 0. The minimum atomic E-state index is 0.346. The van der Waals surface area contributed by atoms with E-state index in [-0.39, 0.29) is 0 Å². The van der Waals surface area contributed by atoms with Crippen molar-refractivity contribution >= 4 is 29.0 Å². The summed E-state index contributed by atoms with van der Waals surface area (Å²) >= 11 is 11.9. The van der Waals surface area contributed by atoms with E-state index in [1.807, 2.05) is 0 Å². The Hall–Kier alpha value is -1.39. The highest BCUT2D eigenvalue weighted by Gasteiger charge is 2.13. The monoisotopic (exact) mass is 242 g/mol. The Bertz CT molecular complexity index is 507. The molecule has 1 aromatic heterocycles. The largest absolute Gasteiger partial charge is 0.382 e. The van der Waals surface area contributed by atoms with Crippen LogP contribution in [0.4, 0.5) is 5.82 Å². The van der Waals surface area contributed by atoms with Crippen LogP contribution in [-0.4, -0.2) is 9.66 Å². The van der Waals surface area contributed by atoms with Crippen LogP contribution in [0.5, 0.6) is 0 Å². The maximum atomic E-state index is 6.03. The summed E-state index contributed by atoms with van der Waals surface area (Å²) in [4.78, 5) is 4.06. The van der Waals surface area contributed by atoms with Crippen molar-refractivity contribution in [2.24, 2.45) is 0 Å². The number of anilines is 1. The average Bonchev–Trinajstić information content (AvgIpc) is 2.53. The summed E-state index contributed by atoms with van der Waals surface area (Å²) < 4.78 is 1.23. The second kappa shape index (κ2) is 3.64. The standard InChI is InChI=1S/C9H8Cl2N4/c10-6-3-1-2-5(7(6)11)8-9(12)15(13)4-14-8/h1-4H,12-13H2. The number of imidazole rings is 1. The fourth-order valence-electron chi connectivity index (χ4n) is 1.26. The third-order valence-electron chi connectivity index (χ3n) is 2.04. The number of nitrogens with two attached hydrogens (primary N) is 2. The molecule has 1 heterocycles. The molecular weight excluding hydrogens is 235 g/mol. The van der Waals surface area contributed by atoms with Gasteiger partial charge in [0.05, 0.1) is 10.0 Å². The van der Waals surface area contributed by atoms with Crippen LogP contribution < -0.4 is 11.6 Å². The number of halogens is 2. The lowest BCUT2D eigenvalue weighted by Gasteiger charge is -2.04. The van der Waals surface area contributed by atoms with Crippen molar-refractivity contribution in [1.82, 2.24) is 9.66 Å². The number of hydrogen-bond donors (Lipinski definition) is 2. The van der Waals surface area contributed by atoms with Gasteiger partial charge in [-0.05, 0) is 6.07 Å². The molecule has 78 valence electrons. The SMILES string of the molecule is Nc1c(-c2cccc(Cl)c2Cl)ncn1N. The number of nitrogen functional groups attached to an aromatic ring is 2. The van der Waals surface area contributed by atoms with Crippen molar-refractivity contribution in [3.8, 4) is 11.3 Å². The van der Waals surface area contributed by atoms with Crippen LogP contribution in [0.1, 0.15) is 0 Å². The van der Waals surface area contributed by atoms with Crippen LogP contribution in [0.2, 0.25) is 10.0 Å². The smallest absolute Gasteiger partial charge is 0.150 e. The normalized spacial score (nSPS) is 10.5. The molecule has 4 nitrogen and oxygen atoms in total. The molecule has 0 spiro atoms. The van der Waals surface area contributed by atoms with E-state index in [1.54, 1.807) is 18.2 Å². The summed E-state index contributed by atoms with van der Waals surface area (Å²) in [6.07, 6.45) is 1.42. The van der Waals surface area contributed by atoms with Gasteiger partial charge in [0.1, 0.15) is 12.0 Å². The lowest BCUT2D eigenvalue weighted by Crippen LogP contribution is -2.10. The zero-order valence-electron chi connectivity index (χ0n) is 7.61. The predicted molar refractivity (Wildman–Crippen MR) is 62.2 cm³/mol. The summed E-state index contributed by atoms with van der Waals surface area (Å²) in [5.74, 6) is 5.87. The molecule has 0 unspecified atom stereocenters. The average molecular weight is 243 g/mol. The molecule has 0 saturated carbocycles. The van der Waals surface area contributed by atoms with Gasteiger partial charge < -0.3 is 11.6 Å². The molecule has 6 heteroatoms. The third-order valence-corrected chi connectivity index (χ3v) is 2.86. The second-order valence-electron chi connectivity index (χ2n) is 2.99. The van der Waals surface area contributed by atoms with Gasteiger partial charge in [-0.1, -0.05) is 35.3 Å². The van der Waals surface area contributed by atoms with E-state index in [1.165, 1.54) is 11.0 Å². The number of hydrogen-bond acceptors (Lipinski definition) is 3. The Labute approximate surface area is 96.4 Å². The molecule has 4 N–H and O–H groups in total. The third kappa shape index (κ3) is 1.62. The Kier molecular flexibility index (Phi) is 2.46. The van der Waals surface area contributed by atoms with E-state index in [0.29, 0.717) is 27.1 Å². The van der Waals surface area contributed by atoms with Gasteiger partial charge >= 0.3 is 0 Å². The Morgan fingerprint density at radius 2 is 2.00 bits per heavy atom. The van der Waals surface area contributed by atoms with Crippen LogP contribution in [0, 0.1) is 0 Å². The van der Waals surface area contributed by atoms with E-state index in [9.17, 15) is 0 Å². The van der Waals surface area contributed by atoms with Crippen LogP contribution in [0.3, 0.4) is 0 Å². The minimum absolute atomic E-state index is 0.346. The number of rotatable bonds is 1. The second-order valence-corrected chi connectivity index (χ2v) is 3.77. The molecule has 0 aliphatic rings. The van der Waals surface area contributed by atoms with Crippen molar-refractivity contribution < 1.29 is 0 Å². The number of aromatic nitrogens is 2. The minimum Gasteiger partial charge on any atom is -0.382 e. The van der Waals surface area contributed by atoms with Crippen molar-refractivity contribution in [2.75, 3.05) is 11.6 Å². The van der Waals surface area contributed by atoms with Crippen molar-refractivity contribution in [3.05, 3.63) is 34.6 Å². The highest BCUT2D eigenvalue weighted by Crippen LogP contribution is 2.34. The van der Waals surface area contributed by atoms with Crippen molar-refractivity contribution in [1.29, 1.82) is 0 Å². The fourth-order valence-corrected chi connectivity index (χ4v) is 1.65. The molecule has 1 aromatic carbocycles. The Morgan fingerprint density at radius 1 is 1.27 bits per heavy atom. The molecule has 0 radical (unpaired) electrons. The van der Waals surface area contributed by atoms with E-state index in [2.05, 4.69) is 4.98 Å². The Morgan fingerprint density at radius 3 is 2.60 bits per heavy atom. The summed E-state index contributed by atoms with van der Waals surface area (Å²) in [7, 11) is 0. The first-order chi connectivity index (χ1) is 7.11. The molecule has 0 aliphatic heterocycles. The molecule has 0 fully saturated rings. The van der Waals surface area contributed by atoms with Gasteiger partial charge in [0.2, 0.25) is 0 Å². The van der Waals surface area contributed by atoms with Gasteiger partial charge in [0.25, 0.3) is 0 Å². The molecule has 2 aromatic rings.